The Labute approximate surface area is 129 Å². The summed E-state index contributed by atoms with van der Waals surface area (Å²) in [5.74, 6) is 0. The predicted molar refractivity (Wildman–Crippen MR) is 88.6 cm³/mol. The third-order valence-electron chi connectivity index (χ3n) is 3.00. The van der Waals surface area contributed by atoms with Gasteiger partial charge in [-0.2, -0.15) is 0 Å². The zero-order valence-electron chi connectivity index (χ0n) is 10.4. The zero-order valence-corrected chi connectivity index (χ0v) is 12.7. The molecule has 2 aromatic carbocycles. The van der Waals surface area contributed by atoms with Gasteiger partial charge in [0.1, 0.15) is 0 Å². The SMILES string of the molecule is Nc1ccc(Nc2cc(Cl)ccc2Br)c2cccnc12. The van der Waals surface area contributed by atoms with Crippen LogP contribution in [0.4, 0.5) is 17.1 Å². The molecule has 0 saturated heterocycles. The maximum atomic E-state index is 6.03. The fourth-order valence-corrected chi connectivity index (χ4v) is 2.56. The van der Waals surface area contributed by atoms with E-state index >= 15 is 0 Å². The lowest BCUT2D eigenvalue weighted by atomic mass is 10.1. The number of nitrogens with zero attached hydrogens (tertiary/aromatic N) is 1. The molecule has 0 aliphatic rings. The Bertz CT molecular complexity index is 789. The van der Waals surface area contributed by atoms with Crippen LogP contribution in [-0.2, 0) is 0 Å². The van der Waals surface area contributed by atoms with Gasteiger partial charge >= 0.3 is 0 Å². The molecule has 0 unspecified atom stereocenters. The first-order valence-electron chi connectivity index (χ1n) is 6.00. The number of nitrogens with one attached hydrogen (secondary N) is 1. The van der Waals surface area contributed by atoms with Gasteiger partial charge in [0.2, 0.25) is 0 Å². The van der Waals surface area contributed by atoms with Crippen LogP contribution in [-0.4, -0.2) is 4.98 Å². The van der Waals surface area contributed by atoms with Crippen LogP contribution >= 0.6 is 27.5 Å². The van der Waals surface area contributed by atoms with Crippen LogP contribution in [0.5, 0.6) is 0 Å². The molecule has 3 aromatic rings. The quantitative estimate of drug-likeness (QED) is 0.642. The molecule has 5 heteroatoms. The summed E-state index contributed by atoms with van der Waals surface area (Å²) in [7, 11) is 0. The Kier molecular flexibility index (Phi) is 3.51. The lowest BCUT2D eigenvalue weighted by Gasteiger charge is -2.12. The number of hydrogen-bond acceptors (Lipinski definition) is 3. The van der Waals surface area contributed by atoms with Crippen LogP contribution in [0.15, 0.2) is 53.1 Å². The Balaban J connectivity index is 2.11. The molecule has 0 radical (unpaired) electrons. The Morgan fingerprint density at radius 2 is 1.95 bits per heavy atom. The molecule has 0 spiro atoms. The lowest BCUT2D eigenvalue weighted by Crippen LogP contribution is -1.96. The molecular formula is C15H11BrClN3. The van der Waals surface area contributed by atoms with Crippen LogP contribution < -0.4 is 11.1 Å². The van der Waals surface area contributed by atoms with Crippen molar-refractivity contribution in [3.63, 3.8) is 0 Å². The molecule has 3 nitrogen and oxygen atoms in total. The van der Waals surface area contributed by atoms with E-state index in [1.54, 1.807) is 6.20 Å². The maximum absolute atomic E-state index is 6.03. The summed E-state index contributed by atoms with van der Waals surface area (Å²) in [4.78, 5) is 4.32. The van der Waals surface area contributed by atoms with Crippen molar-refractivity contribution in [2.75, 3.05) is 11.1 Å². The molecule has 0 saturated carbocycles. The summed E-state index contributed by atoms with van der Waals surface area (Å²) in [6.07, 6.45) is 1.73. The monoisotopic (exact) mass is 347 g/mol. The molecule has 0 fully saturated rings. The molecule has 1 aromatic heterocycles. The van der Waals surface area contributed by atoms with E-state index in [-0.39, 0.29) is 0 Å². The molecule has 0 amide bonds. The maximum Gasteiger partial charge on any atom is 0.0951 e. The Morgan fingerprint density at radius 1 is 1.10 bits per heavy atom. The second kappa shape index (κ2) is 5.31. The lowest BCUT2D eigenvalue weighted by molar-refractivity contribution is 1.41. The normalized spacial score (nSPS) is 10.7. The first-order valence-corrected chi connectivity index (χ1v) is 7.17. The zero-order chi connectivity index (χ0) is 14.1. The van der Waals surface area contributed by atoms with Gasteiger partial charge in [-0.3, -0.25) is 4.98 Å². The highest BCUT2D eigenvalue weighted by Gasteiger charge is 2.07. The predicted octanol–water partition coefficient (Wildman–Crippen LogP) is 4.98. The van der Waals surface area contributed by atoms with Gasteiger partial charge in [-0.15, -0.1) is 0 Å². The van der Waals surface area contributed by atoms with Gasteiger partial charge in [0.25, 0.3) is 0 Å². The number of nitrogen functional groups attached to an aromatic ring is 1. The summed E-state index contributed by atoms with van der Waals surface area (Å²) in [5.41, 5.74) is 9.23. The fourth-order valence-electron chi connectivity index (χ4n) is 2.04. The largest absolute Gasteiger partial charge is 0.397 e. The van der Waals surface area contributed by atoms with Gasteiger partial charge in [0.05, 0.1) is 16.9 Å². The molecule has 100 valence electrons. The van der Waals surface area contributed by atoms with E-state index in [4.69, 9.17) is 17.3 Å². The number of rotatable bonds is 2. The molecular weight excluding hydrogens is 338 g/mol. The van der Waals surface area contributed by atoms with Crippen molar-refractivity contribution in [2.24, 2.45) is 0 Å². The van der Waals surface area contributed by atoms with Crippen LogP contribution in [0.1, 0.15) is 0 Å². The van der Waals surface area contributed by atoms with E-state index < -0.39 is 0 Å². The molecule has 3 rings (SSSR count). The van der Waals surface area contributed by atoms with E-state index in [1.165, 1.54) is 0 Å². The van der Waals surface area contributed by atoms with E-state index in [0.29, 0.717) is 10.7 Å². The number of anilines is 3. The summed E-state index contributed by atoms with van der Waals surface area (Å²) in [5, 5.41) is 5.00. The van der Waals surface area contributed by atoms with Gasteiger partial charge < -0.3 is 11.1 Å². The van der Waals surface area contributed by atoms with Crippen molar-refractivity contribution in [3.05, 3.63) is 58.2 Å². The van der Waals surface area contributed by atoms with Crippen molar-refractivity contribution < 1.29 is 0 Å². The van der Waals surface area contributed by atoms with Crippen molar-refractivity contribution in [2.45, 2.75) is 0 Å². The van der Waals surface area contributed by atoms with Gasteiger partial charge in [-0.1, -0.05) is 11.6 Å². The van der Waals surface area contributed by atoms with E-state index in [9.17, 15) is 0 Å². The minimum Gasteiger partial charge on any atom is -0.397 e. The average molecular weight is 349 g/mol. The van der Waals surface area contributed by atoms with Crippen LogP contribution in [0, 0.1) is 0 Å². The minimum absolute atomic E-state index is 0.663. The average Bonchev–Trinajstić information content (AvgIpc) is 2.46. The Morgan fingerprint density at radius 3 is 2.80 bits per heavy atom. The standard InChI is InChI=1S/C15H11BrClN3/c16-11-4-3-9(17)8-14(11)20-13-6-5-12(18)15-10(13)2-1-7-19-15/h1-8,20H,18H2. The molecule has 3 N–H and O–H groups in total. The van der Waals surface area contributed by atoms with Gasteiger partial charge in [0, 0.05) is 26.8 Å². The number of halogens is 2. The molecule has 0 bridgehead atoms. The number of hydrogen-bond donors (Lipinski definition) is 2. The van der Waals surface area contributed by atoms with Crippen LogP contribution in [0.2, 0.25) is 5.02 Å². The van der Waals surface area contributed by atoms with Crippen LogP contribution in [0.25, 0.3) is 10.9 Å². The Hall–Kier alpha value is -1.78. The van der Waals surface area contributed by atoms with Crippen molar-refractivity contribution >= 4 is 55.5 Å². The fraction of sp³-hybridized carbons (Fsp3) is 0. The van der Waals surface area contributed by atoms with Crippen molar-refractivity contribution in [1.29, 1.82) is 0 Å². The van der Waals surface area contributed by atoms with E-state index in [0.717, 1.165) is 26.8 Å². The number of fused-ring (bicyclic) bond motifs is 1. The van der Waals surface area contributed by atoms with Gasteiger partial charge in [-0.05, 0) is 58.4 Å². The number of benzene rings is 2. The van der Waals surface area contributed by atoms with E-state index in [2.05, 4.69) is 26.2 Å². The third-order valence-corrected chi connectivity index (χ3v) is 3.93. The minimum atomic E-state index is 0.663. The molecule has 20 heavy (non-hydrogen) atoms. The highest BCUT2D eigenvalue weighted by atomic mass is 79.9. The second-order valence-corrected chi connectivity index (χ2v) is 5.64. The third kappa shape index (κ3) is 2.44. The van der Waals surface area contributed by atoms with Gasteiger partial charge in [0.15, 0.2) is 0 Å². The molecule has 0 atom stereocenters. The van der Waals surface area contributed by atoms with Crippen molar-refractivity contribution in [3.8, 4) is 0 Å². The van der Waals surface area contributed by atoms with E-state index in [1.807, 2.05) is 42.5 Å². The summed E-state index contributed by atoms with van der Waals surface area (Å²) < 4.78 is 0.941. The molecule has 1 heterocycles. The molecule has 0 aliphatic carbocycles. The highest BCUT2D eigenvalue weighted by Crippen LogP contribution is 2.33. The van der Waals surface area contributed by atoms with Gasteiger partial charge in [-0.25, -0.2) is 0 Å². The van der Waals surface area contributed by atoms with Crippen molar-refractivity contribution in [1.82, 2.24) is 4.98 Å². The summed E-state index contributed by atoms with van der Waals surface area (Å²) >= 11 is 9.54. The number of nitrogens with two attached hydrogens (primary N) is 1. The number of aromatic nitrogens is 1. The summed E-state index contributed by atoms with van der Waals surface area (Å²) in [6.45, 7) is 0. The topological polar surface area (TPSA) is 50.9 Å². The first-order chi connectivity index (χ1) is 9.65. The number of pyridine rings is 1. The smallest absolute Gasteiger partial charge is 0.0951 e. The highest BCUT2D eigenvalue weighted by molar-refractivity contribution is 9.10. The molecule has 0 aliphatic heterocycles. The summed E-state index contributed by atoms with van der Waals surface area (Å²) in [6, 6.07) is 13.3. The first kappa shape index (κ1) is 13.2. The second-order valence-electron chi connectivity index (χ2n) is 4.35. The van der Waals surface area contributed by atoms with Crippen LogP contribution in [0.3, 0.4) is 0 Å².